The van der Waals surface area contributed by atoms with E-state index in [1.165, 1.54) is 25.7 Å². The van der Waals surface area contributed by atoms with Crippen molar-refractivity contribution in [3.05, 3.63) is 0 Å². The van der Waals surface area contributed by atoms with Crippen LogP contribution in [0.1, 0.15) is 38.5 Å². The Morgan fingerprint density at radius 1 is 1.18 bits per heavy atom. The van der Waals surface area contributed by atoms with E-state index in [-0.39, 0.29) is 6.42 Å². The van der Waals surface area contributed by atoms with Crippen molar-refractivity contribution in [1.82, 2.24) is 9.80 Å². The molecule has 1 aliphatic rings. The number of nitrogens with zero attached hydrogens (tertiary/aromatic N) is 2. The zero-order chi connectivity index (χ0) is 12.7. The van der Waals surface area contributed by atoms with Crippen LogP contribution in [0, 0.1) is 0 Å². The van der Waals surface area contributed by atoms with Crippen molar-refractivity contribution in [2.45, 2.75) is 44.6 Å². The molecule has 4 nitrogen and oxygen atoms in total. The monoisotopic (exact) mass is 242 g/mol. The number of rotatable bonds is 8. The van der Waals surface area contributed by atoms with Crippen LogP contribution in [-0.2, 0) is 4.79 Å². The Balaban J connectivity index is 2.32. The van der Waals surface area contributed by atoms with Gasteiger partial charge in [0.15, 0.2) is 0 Å². The Morgan fingerprint density at radius 2 is 1.82 bits per heavy atom. The molecule has 1 saturated carbocycles. The number of carboxylic acids is 1. The maximum atomic E-state index is 10.7. The zero-order valence-electron chi connectivity index (χ0n) is 11.2. The summed E-state index contributed by atoms with van der Waals surface area (Å²) in [6, 6.07) is 0.636. The first-order valence-electron chi connectivity index (χ1n) is 6.70. The summed E-state index contributed by atoms with van der Waals surface area (Å²) in [4.78, 5) is 15.2. The molecule has 0 radical (unpaired) electrons. The molecule has 1 rings (SSSR count). The van der Waals surface area contributed by atoms with Crippen LogP contribution < -0.4 is 0 Å². The molecule has 100 valence electrons. The van der Waals surface area contributed by atoms with Crippen LogP contribution in [0.25, 0.3) is 0 Å². The zero-order valence-corrected chi connectivity index (χ0v) is 11.2. The van der Waals surface area contributed by atoms with Gasteiger partial charge in [-0.2, -0.15) is 0 Å². The summed E-state index contributed by atoms with van der Waals surface area (Å²) in [5, 5.41) is 8.78. The maximum absolute atomic E-state index is 10.7. The topological polar surface area (TPSA) is 43.8 Å². The molecule has 0 aromatic rings. The second kappa shape index (κ2) is 7.67. The van der Waals surface area contributed by atoms with Crippen LogP contribution in [0.5, 0.6) is 0 Å². The Hall–Kier alpha value is -0.610. The number of carboxylic acid groups (broad SMARTS) is 1. The van der Waals surface area contributed by atoms with E-state index in [0.29, 0.717) is 12.6 Å². The van der Waals surface area contributed by atoms with Crippen LogP contribution in [-0.4, -0.2) is 60.6 Å². The van der Waals surface area contributed by atoms with Crippen LogP contribution in [0.4, 0.5) is 0 Å². The van der Waals surface area contributed by atoms with Crippen molar-refractivity contribution in [2.24, 2.45) is 0 Å². The van der Waals surface area contributed by atoms with Crippen molar-refractivity contribution in [3.8, 4) is 0 Å². The molecule has 0 aromatic heterocycles. The second-order valence-electron chi connectivity index (χ2n) is 5.27. The van der Waals surface area contributed by atoms with Gasteiger partial charge < -0.3 is 10.0 Å². The molecule has 0 atom stereocenters. The molecule has 0 unspecified atom stereocenters. The van der Waals surface area contributed by atoms with Gasteiger partial charge in [-0.3, -0.25) is 9.69 Å². The highest BCUT2D eigenvalue weighted by atomic mass is 16.4. The molecule has 1 fully saturated rings. The summed E-state index contributed by atoms with van der Waals surface area (Å²) in [7, 11) is 4.16. The predicted octanol–water partition coefficient (Wildman–Crippen LogP) is 1.66. The summed E-state index contributed by atoms with van der Waals surface area (Å²) in [5.41, 5.74) is 0. The highest BCUT2D eigenvalue weighted by molar-refractivity contribution is 5.66. The smallest absolute Gasteiger partial charge is 0.304 e. The van der Waals surface area contributed by atoms with Gasteiger partial charge in [-0.1, -0.05) is 12.8 Å². The molecule has 1 N–H and O–H groups in total. The summed E-state index contributed by atoms with van der Waals surface area (Å²) in [6.45, 7) is 2.83. The minimum absolute atomic E-state index is 0.276. The van der Waals surface area contributed by atoms with Gasteiger partial charge in [0.1, 0.15) is 0 Å². The van der Waals surface area contributed by atoms with Gasteiger partial charge >= 0.3 is 5.97 Å². The molecule has 0 heterocycles. The third-order valence-corrected chi connectivity index (χ3v) is 3.50. The molecule has 0 aromatic carbocycles. The van der Waals surface area contributed by atoms with Crippen molar-refractivity contribution < 1.29 is 9.90 Å². The molecular formula is C13H26N2O2. The highest BCUT2D eigenvalue weighted by Gasteiger charge is 2.22. The average molecular weight is 242 g/mol. The molecule has 0 saturated heterocycles. The van der Waals surface area contributed by atoms with Gasteiger partial charge in [0.05, 0.1) is 6.42 Å². The van der Waals surface area contributed by atoms with Crippen molar-refractivity contribution in [1.29, 1.82) is 0 Å². The third kappa shape index (κ3) is 6.03. The van der Waals surface area contributed by atoms with Gasteiger partial charge in [0, 0.05) is 12.6 Å². The average Bonchev–Trinajstić information content (AvgIpc) is 2.75. The molecule has 0 spiro atoms. The van der Waals surface area contributed by atoms with E-state index in [9.17, 15) is 4.79 Å². The van der Waals surface area contributed by atoms with Crippen molar-refractivity contribution in [3.63, 3.8) is 0 Å². The van der Waals surface area contributed by atoms with Gasteiger partial charge in [-0.15, -0.1) is 0 Å². The molecule has 1 aliphatic carbocycles. The normalized spacial score (nSPS) is 17.2. The van der Waals surface area contributed by atoms with E-state index in [2.05, 4.69) is 23.9 Å². The van der Waals surface area contributed by atoms with Crippen LogP contribution >= 0.6 is 0 Å². The third-order valence-electron chi connectivity index (χ3n) is 3.50. The van der Waals surface area contributed by atoms with Gasteiger partial charge in [-0.25, -0.2) is 0 Å². The Labute approximate surface area is 105 Å². The molecule has 0 bridgehead atoms. The first-order valence-corrected chi connectivity index (χ1v) is 6.70. The van der Waals surface area contributed by atoms with E-state index in [1.54, 1.807) is 0 Å². The Kier molecular flexibility index (Phi) is 6.52. The van der Waals surface area contributed by atoms with Gasteiger partial charge in [0.2, 0.25) is 0 Å². The maximum Gasteiger partial charge on any atom is 0.304 e. The lowest BCUT2D eigenvalue weighted by molar-refractivity contribution is -0.137. The minimum atomic E-state index is -0.680. The standard InChI is InChI=1S/C13H26N2O2/c1-14(2)9-5-10-15(11-8-13(16)17)12-6-3-4-7-12/h12H,3-11H2,1-2H3,(H,16,17). The van der Waals surface area contributed by atoms with Crippen LogP contribution in [0.15, 0.2) is 0 Å². The van der Waals surface area contributed by atoms with Crippen molar-refractivity contribution in [2.75, 3.05) is 33.7 Å². The summed E-state index contributed by atoms with van der Waals surface area (Å²) in [6.07, 6.45) is 6.52. The molecular weight excluding hydrogens is 216 g/mol. The Morgan fingerprint density at radius 3 is 2.35 bits per heavy atom. The molecule has 4 heteroatoms. The van der Waals surface area contributed by atoms with E-state index >= 15 is 0 Å². The van der Waals surface area contributed by atoms with E-state index in [1.807, 2.05) is 0 Å². The van der Waals surface area contributed by atoms with Gasteiger partial charge in [-0.05, 0) is 46.4 Å². The summed E-state index contributed by atoms with van der Waals surface area (Å²) >= 11 is 0. The highest BCUT2D eigenvalue weighted by Crippen LogP contribution is 2.23. The fourth-order valence-electron chi connectivity index (χ4n) is 2.58. The van der Waals surface area contributed by atoms with E-state index in [0.717, 1.165) is 19.5 Å². The lowest BCUT2D eigenvalue weighted by Gasteiger charge is -2.28. The van der Waals surface area contributed by atoms with E-state index < -0.39 is 5.97 Å². The molecule has 17 heavy (non-hydrogen) atoms. The first kappa shape index (κ1) is 14.5. The second-order valence-corrected chi connectivity index (χ2v) is 5.27. The lowest BCUT2D eigenvalue weighted by atomic mass is 10.2. The summed E-state index contributed by atoms with van der Waals surface area (Å²) < 4.78 is 0. The van der Waals surface area contributed by atoms with Crippen molar-refractivity contribution >= 4 is 5.97 Å². The molecule has 0 amide bonds. The van der Waals surface area contributed by atoms with Crippen LogP contribution in [0.2, 0.25) is 0 Å². The minimum Gasteiger partial charge on any atom is -0.481 e. The lowest BCUT2D eigenvalue weighted by Crippen LogP contribution is -2.37. The number of hydrogen-bond donors (Lipinski definition) is 1. The number of carbonyl (C=O) groups is 1. The summed E-state index contributed by atoms with van der Waals surface area (Å²) in [5.74, 6) is -0.680. The predicted molar refractivity (Wildman–Crippen MR) is 69.3 cm³/mol. The Bertz CT molecular complexity index is 225. The first-order chi connectivity index (χ1) is 8.09. The fourth-order valence-corrected chi connectivity index (χ4v) is 2.58. The number of hydrogen-bond acceptors (Lipinski definition) is 3. The van der Waals surface area contributed by atoms with E-state index in [4.69, 9.17) is 5.11 Å². The number of aliphatic carboxylic acids is 1. The molecule has 0 aliphatic heterocycles. The quantitative estimate of drug-likeness (QED) is 0.703. The largest absolute Gasteiger partial charge is 0.481 e. The van der Waals surface area contributed by atoms with Crippen LogP contribution in [0.3, 0.4) is 0 Å². The van der Waals surface area contributed by atoms with Gasteiger partial charge in [0.25, 0.3) is 0 Å². The fraction of sp³-hybridized carbons (Fsp3) is 0.923. The SMILES string of the molecule is CN(C)CCCN(CCC(=O)O)C1CCCC1.